The highest BCUT2D eigenvalue weighted by atomic mass is 79.9. The molecule has 0 N–H and O–H groups in total. The van der Waals surface area contributed by atoms with Gasteiger partial charge < -0.3 is 0 Å². The van der Waals surface area contributed by atoms with Crippen LogP contribution in [0.4, 0.5) is 5.69 Å². The van der Waals surface area contributed by atoms with E-state index >= 15 is 0 Å². The van der Waals surface area contributed by atoms with Gasteiger partial charge in [0.15, 0.2) is 0 Å². The van der Waals surface area contributed by atoms with Crippen LogP contribution in [0.5, 0.6) is 0 Å². The zero-order valence-electron chi connectivity index (χ0n) is 12.4. The number of halogens is 2. The number of hydrogen-bond donors (Lipinski definition) is 0. The Bertz CT molecular complexity index is 521. The molecule has 1 aromatic rings. The topological polar surface area (TPSA) is 43.1 Å². The third kappa shape index (κ3) is 4.19. The van der Waals surface area contributed by atoms with Gasteiger partial charge in [-0.3, -0.25) is 10.1 Å². The third-order valence-corrected chi connectivity index (χ3v) is 6.04. The first kappa shape index (κ1) is 16.8. The molecule has 3 unspecified atom stereocenters. The Morgan fingerprint density at radius 2 is 2.14 bits per heavy atom. The zero-order valence-corrected chi connectivity index (χ0v) is 14.7. The Balaban J connectivity index is 2.18. The zero-order chi connectivity index (χ0) is 15.6. The molecule has 116 valence electrons. The summed E-state index contributed by atoms with van der Waals surface area (Å²) in [5, 5.41) is 11.6. The van der Waals surface area contributed by atoms with Crippen LogP contribution in [0.3, 0.4) is 0 Å². The number of nitrogens with zero attached hydrogens (tertiary/aromatic N) is 1. The number of rotatable bonds is 4. The second-order valence-electron chi connectivity index (χ2n) is 6.33. The van der Waals surface area contributed by atoms with E-state index in [2.05, 4.69) is 29.8 Å². The van der Waals surface area contributed by atoms with Gasteiger partial charge in [-0.1, -0.05) is 47.4 Å². The molecule has 0 saturated heterocycles. The van der Waals surface area contributed by atoms with Crippen LogP contribution in [0.2, 0.25) is 5.02 Å². The highest BCUT2D eigenvalue weighted by Crippen LogP contribution is 2.40. The maximum absolute atomic E-state index is 11.2. The van der Waals surface area contributed by atoms with E-state index in [4.69, 9.17) is 11.6 Å². The molecule has 0 aromatic heterocycles. The normalized spacial score (nSPS) is 26.0. The van der Waals surface area contributed by atoms with Crippen molar-refractivity contribution >= 4 is 33.2 Å². The fourth-order valence-corrected chi connectivity index (χ4v) is 4.08. The fourth-order valence-electron chi connectivity index (χ4n) is 3.24. The molecule has 1 aliphatic rings. The molecule has 3 atom stereocenters. The lowest BCUT2D eigenvalue weighted by atomic mass is 9.74. The van der Waals surface area contributed by atoms with Crippen molar-refractivity contribution in [2.45, 2.75) is 44.4 Å². The van der Waals surface area contributed by atoms with E-state index in [1.165, 1.54) is 12.5 Å². The number of alkyl halides is 1. The van der Waals surface area contributed by atoms with Crippen LogP contribution < -0.4 is 0 Å². The third-order valence-electron chi connectivity index (χ3n) is 4.60. The minimum absolute atomic E-state index is 0.147. The smallest absolute Gasteiger partial charge is 0.258 e. The number of hydrogen-bond acceptors (Lipinski definition) is 2. The van der Waals surface area contributed by atoms with E-state index in [9.17, 15) is 10.1 Å². The van der Waals surface area contributed by atoms with Gasteiger partial charge >= 0.3 is 0 Å². The van der Waals surface area contributed by atoms with E-state index in [1.807, 2.05) is 0 Å². The molecule has 1 saturated carbocycles. The largest absolute Gasteiger partial charge is 0.274 e. The summed E-state index contributed by atoms with van der Waals surface area (Å²) in [5.74, 6) is 1.84. The van der Waals surface area contributed by atoms with E-state index < -0.39 is 0 Å². The van der Waals surface area contributed by atoms with E-state index in [0.717, 1.165) is 30.7 Å². The maximum atomic E-state index is 11.2. The molecule has 0 heterocycles. The lowest BCUT2D eigenvalue weighted by molar-refractivity contribution is -0.385. The average Bonchev–Trinajstić information content (AvgIpc) is 2.42. The minimum atomic E-state index is -0.326. The van der Waals surface area contributed by atoms with Crippen LogP contribution in [0.15, 0.2) is 18.2 Å². The Morgan fingerprint density at radius 3 is 2.76 bits per heavy atom. The highest BCUT2D eigenvalue weighted by Gasteiger charge is 2.31. The molecule has 0 bridgehead atoms. The molecule has 0 radical (unpaired) electrons. The second-order valence-corrected chi connectivity index (χ2v) is 7.94. The van der Waals surface area contributed by atoms with Gasteiger partial charge in [0.1, 0.15) is 0 Å². The van der Waals surface area contributed by atoms with Crippen molar-refractivity contribution in [3.63, 3.8) is 0 Å². The minimum Gasteiger partial charge on any atom is -0.258 e. The predicted molar refractivity (Wildman–Crippen MR) is 90.2 cm³/mol. The van der Waals surface area contributed by atoms with Gasteiger partial charge in [-0.25, -0.2) is 0 Å². The Morgan fingerprint density at radius 1 is 1.43 bits per heavy atom. The van der Waals surface area contributed by atoms with Crippen LogP contribution in [0.25, 0.3) is 0 Å². The SMILES string of the molecule is CC(C)C1CCC(Br)C(Cc2ccc(Cl)cc2[N+](=O)[O-])C1. The molecule has 1 aromatic carbocycles. The van der Waals surface area contributed by atoms with Gasteiger partial charge in [-0.15, -0.1) is 0 Å². The summed E-state index contributed by atoms with van der Waals surface area (Å²) in [6.07, 6.45) is 4.27. The van der Waals surface area contributed by atoms with E-state index in [1.54, 1.807) is 12.1 Å². The Kier molecular flexibility index (Phi) is 5.67. The van der Waals surface area contributed by atoms with Crippen molar-refractivity contribution < 1.29 is 4.92 Å². The molecule has 3 nitrogen and oxygen atoms in total. The summed E-state index contributed by atoms with van der Waals surface area (Å²) in [6.45, 7) is 4.53. The summed E-state index contributed by atoms with van der Waals surface area (Å²) in [6, 6.07) is 5.01. The second kappa shape index (κ2) is 7.10. The summed E-state index contributed by atoms with van der Waals surface area (Å²) < 4.78 is 0. The molecule has 2 rings (SSSR count). The predicted octanol–water partition coefficient (Wildman–Crippen LogP) is 5.63. The standard InChI is InChI=1S/C16H21BrClNO2/c1-10(2)11-4-6-15(17)13(7-11)8-12-3-5-14(18)9-16(12)19(20)21/h3,5,9-11,13,15H,4,6-8H2,1-2H3. The average molecular weight is 375 g/mol. The summed E-state index contributed by atoms with van der Waals surface area (Å²) in [4.78, 5) is 11.3. The van der Waals surface area contributed by atoms with Gasteiger partial charge in [0.2, 0.25) is 0 Å². The van der Waals surface area contributed by atoms with E-state index in [0.29, 0.717) is 21.7 Å². The molecule has 0 amide bonds. The lowest BCUT2D eigenvalue weighted by Gasteiger charge is -2.35. The van der Waals surface area contributed by atoms with Crippen molar-refractivity contribution in [2.75, 3.05) is 0 Å². The van der Waals surface area contributed by atoms with Crippen LogP contribution in [-0.2, 0) is 6.42 Å². The first-order valence-electron chi connectivity index (χ1n) is 7.45. The molecule has 21 heavy (non-hydrogen) atoms. The molecular formula is C16H21BrClNO2. The van der Waals surface area contributed by atoms with Gasteiger partial charge in [0.05, 0.1) is 4.92 Å². The molecule has 0 aliphatic heterocycles. The van der Waals surface area contributed by atoms with Crippen LogP contribution in [-0.4, -0.2) is 9.75 Å². The van der Waals surface area contributed by atoms with Crippen LogP contribution in [0.1, 0.15) is 38.7 Å². The van der Waals surface area contributed by atoms with Crippen molar-refractivity contribution in [3.8, 4) is 0 Å². The summed E-state index contributed by atoms with van der Waals surface area (Å²) in [5.41, 5.74) is 0.942. The number of nitro benzene ring substituents is 1. The van der Waals surface area contributed by atoms with Crippen molar-refractivity contribution in [3.05, 3.63) is 38.9 Å². The summed E-state index contributed by atoms with van der Waals surface area (Å²) in [7, 11) is 0. The van der Waals surface area contributed by atoms with Crippen molar-refractivity contribution in [1.29, 1.82) is 0 Å². The monoisotopic (exact) mass is 373 g/mol. The quantitative estimate of drug-likeness (QED) is 0.389. The van der Waals surface area contributed by atoms with Crippen LogP contribution >= 0.6 is 27.5 Å². The van der Waals surface area contributed by atoms with Gasteiger partial charge in [-0.2, -0.15) is 0 Å². The van der Waals surface area contributed by atoms with Gasteiger partial charge in [0, 0.05) is 21.5 Å². The molecule has 1 aliphatic carbocycles. The van der Waals surface area contributed by atoms with Crippen molar-refractivity contribution in [2.24, 2.45) is 17.8 Å². The first-order valence-corrected chi connectivity index (χ1v) is 8.74. The molecular weight excluding hydrogens is 354 g/mol. The molecule has 1 fully saturated rings. The fraction of sp³-hybridized carbons (Fsp3) is 0.625. The first-order chi connectivity index (χ1) is 9.88. The number of benzene rings is 1. The van der Waals surface area contributed by atoms with Gasteiger partial charge in [0.25, 0.3) is 5.69 Å². The lowest BCUT2D eigenvalue weighted by Crippen LogP contribution is -2.29. The van der Waals surface area contributed by atoms with Crippen molar-refractivity contribution in [1.82, 2.24) is 0 Å². The Hall–Kier alpha value is -0.610. The highest BCUT2D eigenvalue weighted by molar-refractivity contribution is 9.09. The van der Waals surface area contributed by atoms with Crippen LogP contribution in [0, 0.1) is 27.9 Å². The molecule has 0 spiro atoms. The van der Waals surface area contributed by atoms with Gasteiger partial charge in [-0.05, 0) is 49.5 Å². The maximum Gasteiger partial charge on any atom is 0.274 e. The van der Waals surface area contributed by atoms with E-state index in [-0.39, 0.29) is 10.6 Å². The molecule has 5 heteroatoms. The number of nitro groups is 1. The summed E-state index contributed by atoms with van der Waals surface area (Å²) >= 11 is 9.65. The Labute approximate surface area is 139 Å².